The van der Waals surface area contributed by atoms with Crippen LogP contribution in [0.5, 0.6) is 0 Å². The van der Waals surface area contributed by atoms with E-state index in [4.69, 9.17) is 0 Å². The standard InChI is InChI=1S/C7H14N4O/c1-4-8-7(2,3)5-9-6(12)11-10-5/h8H,4H2,1-3H3,(H2,9,10,11,12). The Morgan fingerprint density at radius 2 is 2.25 bits per heavy atom. The number of H-pyrrole nitrogens is 2. The summed E-state index contributed by atoms with van der Waals surface area (Å²) in [6, 6.07) is 0. The molecule has 1 heterocycles. The van der Waals surface area contributed by atoms with E-state index in [0.29, 0.717) is 5.82 Å². The van der Waals surface area contributed by atoms with Crippen molar-refractivity contribution in [2.45, 2.75) is 26.3 Å². The van der Waals surface area contributed by atoms with E-state index in [0.717, 1.165) is 6.54 Å². The first-order chi connectivity index (χ1) is 5.56. The summed E-state index contributed by atoms with van der Waals surface area (Å²) in [5.74, 6) is 0.634. The van der Waals surface area contributed by atoms with Crippen LogP contribution in [-0.2, 0) is 5.54 Å². The Kier molecular flexibility index (Phi) is 2.32. The third-order valence-corrected chi connectivity index (χ3v) is 1.71. The van der Waals surface area contributed by atoms with Crippen molar-refractivity contribution in [3.05, 3.63) is 16.3 Å². The molecule has 5 nitrogen and oxygen atoms in total. The van der Waals surface area contributed by atoms with Crippen LogP contribution >= 0.6 is 0 Å². The molecule has 0 aromatic carbocycles. The molecular formula is C7H14N4O. The highest BCUT2D eigenvalue weighted by Crippen LogP contribution is 2.12. The second-order valence-corrected chi connectivity index (χ2v) is 3.18. The van der Waals surface area contributed by atoms with Gasteiger partial charge in [0.2, 0.25) is 0 Å². The van der Waals surface area contributed by atoms with Crippen molar-refractivity contribution in [3.8, 4) is 0 Å². The SMILES string of the molecule is CCNC(C)(C)c1n[nH]c(=O)[nH]1. The molecule has 5 heteroatoms. The van der Waals surface area contributed by atoms with Crippen molar-refractivity contribution in [2.24, 2.45) is 0 Å². The third kappa shape index (κ3) is 1.73. The maximum Gasteiger partial charge on any atom is 0.340 e. The smallest absolute Gasteiger partial charge is 0.305 e. The highest BCUT2D eigenvalue weighted by Gasteiger charge is 2.22. The summed E-state index contributed by atoms with van der Waals surface area (Å²) in [4.78, 5) is 13.4. The lowest BCUT2D eigenvalue weighted by Crippen LogP contribution is -2.37. The van der Waals surface area contributed by atoms with Crippen LogP contribution in [0.3, 0.4) is 0 Å². The highest BCUT2D eigenvalue weighted by atomic mass is 16.1. The highest BCUT2D eigenvalue weighted by molar-refractivity contribution is 4.98. The van der Waals surface area contributed by atoms with Crippen molar-refractivity contribution in [2.75, 3.05) is 6.54 Å². The maximum atomic E-state index is 10.7. The largest absolute Gasteiger partial charge is 0.340 e. The molecule has 68 valence electrons. The lowest BCUT2D eigenvalue weighted by atomic mass is 10.1. The van der Waals surface area contributed by atoms with Crippen molar-refractivity contribution in [1.82, 2.24) is 20.5 Å². The second kappa shape index (κ2) is 3.10. The number of nitrogens with one attached hydrogen (secondary N) is 3. The zero-order chi connectivity index (χ0) is 9.19. The van der Waals surface area contributed by atoms with E-state index in [2.05, 4.69) is 20.5 Å². The van der Waals surface area contributed by atoms with Crippen LogP contribution < -0.4 is 11.0 Å². The van der Waals surface area contributed by atoms with E-state index in [1.165, 1.54) is 0 Å². The molecule has 1 rings (SSSR count). The Bertz CT molecular complexity index is 298. The zero-order valence-corrected chi connectivity index (χ0v) is 7.56. The van der Waals surface area contributed by atoms with Gasteiger partial charge in [0.15, 0.2) is 5.82 Å². The first-order valence-electron chi connectivity index (χ1n) is 3.96. The van der Waals surface area contributed by atoms with E-state index in [1.807, 2.05) is 20.8 Å². The lowest BCUT2D eigenvalue weighted by molar-refractivity contribution is 0.392. The molecule has 0 unspecified atom stereocenters. The molecule has 1 aromatic heterocycles. The van der Waals surface area contributed by atoms with Gasteiger partial charge in [0.25, 0.3) is 0 Å². The van der Waals surface area contributed by atoms with Gasteiger partial charge in [-0.25, -0.2) is 9.89 Å². The van der Waals surface area contributed by atoms with Gasteiger partial charge in [-0.15, -0.1) is 0 Å². The quantitative estimate of drug-likeness (QED) is 0.595. The minimum Gasteiger partial charge on any atom is -0.305 e. The Balaban J connectivity index is 2.88. The Hall–Kier alpha value is -1.10. The topological polar surface area (TPSA) is 73.6 Å². The lowest BCUT2D eigenvalue weighted by Gasteiger charge is -2.21. The van der Waals surface area contributed by atoms with E-state index >= 15 is 0 Å². The predicted molar refractivity (Wildman–Crippen MR) is 45.9 cm³/mol. The summed E-state index contributed by atoms with van der Waals surface area (Å²) in [5.41, 5.74) is -0.551. The minimum absolute atomic E-state index is 0.268. The van der Waals surface area contributed by atoms with Crippen LogP contribution in [0.2, 0.25) is 0 Å². The summed E-state index contributed by atoms with van der Waals surface area (Å²) in [6.07, 6.45) is 0. The van der Waals surface area contributed by atoms with E-state index in [9.17, 15) is 4.79 Å². The third-order valence-electron chi connectivity index (χ3n) is 1.71. The van der Waals surface area contributed by atoms with Crippen molar-refractivity contribution in [3.63, 3.8) is 0 Å². The molecule has 0 radical (unpaired) electrons. The fraction of sp³-hybridized carbons (Fsp3) is 0.714. The van der Waals surface area contributed by atoms with Gasteiger partial charge in [-0.2, -0.15) is 5.10 Å². The van der Waals surface area contributed by atoms with Gasteiger partial charge in [-0.1, -0.05) is 6.92 Å². The fourth-order valence-electron chi connectivity index (χ4n) is 1.09. The summed E-state index contributed by atoms with van der Waals surface area (Å²) in [7, 11) is 0. The van der Waals surface area contributed by atoms with E-state index in [1.54, 1.807) is 0 Å². The van der Waals surface area contributed by atoms with Gasteiger partial charge in [0.1, 0.15) is 0 Å². The van der Waals surface area contributed by atoms with Crippen molar-refractivity contribution in [1.29, 1.82) is 0 Å². The number of aromatic amines is 2. The van der Waals surface area contributed by atoms with E-state index in [-0.39, 0.29) is 11.2 Å². The molecule has 0 aliphatic carbocycles. The molecule has 1 aromatic rings. The summed E-state index contributed by atoms with van der Waals surface area (Å²) >= 11 is 0. The van der Waals surface area contributed by atoms with Crippen molar-refractivity contribution < 1.29 is 0 Å². The molecule has 0 amide bonds. The molecule has 0 saturated heterocycles. The molecule has 0 aliphatic heterocycles. The first kappa shape index (κ1) is 8.99. The van der Waals surface area contributed by atoms with Crippen LogP contribution in [0, 0.1) is 0 Å². The van der Waals surface area contributed by atoms with E-state index < -0.39 is 0 Å². The van der Waals surface area contributed by atoms with Crippen LogP contribution in [0.4, 0.5) is 0 Å². The Morgan fingerprint density at radius 1 is 1.58 bits per heavy atom. The number of hydrogen-bond donors (Lipinski definition) is 3. The molecule has 0 fully saturated rings. The van der Waals surface area contributed by atoms with Crippen LogP contribution in [0.25, 0.3) is 0 Å². The fourth-order valence-corrected chi connectivity index (χ4v) is 1.09. The number of rotatable bonds is 3. The predicted octanol–water partition coefficient (Wildman–Crippen LogP) is -0.0574. The second-order valence-electron chi connectivity index (χ2n) is 3.18. The van der Waals surface area contributed by atoms with Gasteiger partial charge in [-0.3, -0.25) is 4.98 Å². The van der Waals surface area contributed by atoms with Gasteiger partial charge in [0, 0.05) is 0 Å². The monoisotopic (exact) mass is 170 g/mol. The minimum atomic E-state index is -0.284. The van der Waals surface area contributed by atoms with Gasteiger partial charge in [0.05, 0.1) is 5.54 Å². The Morgan fingerprint density at radius 3 is 2.67 bits per heavy atom. The molecule has 0 bridgehead atoms. The average molecular weight is 170 g/mol. The molecule has 0 atom stereocenters. The van der Waals surface area contributed by atoms with Crippen LogP contribution in [0.1, 0.15) is 26.6 Å². The maximum absolute atomic E-state index is 10.7. The van der Waals surface area contributed by atoms with Crippen LogP contribution in [-0.4, -0.2) is 21.7 Å². The molecule has 12 heavy (non-hydrogen) atoms. The Labute approximate surface area is 70.6 Å². The number of nitrogens with zero attached hydrogens (tertiary/aromatic N) is 1. The average Bonchev–Trinajstić information content (AvgIpc) is 2.36. The molecule has 3 N–H and O–H groups in total. The van der Waals surface area contributed by atoms with Gasteiger partial charge >= 0.3 is 5.69 Å². The molecular weight excluding hydrogens is 156 g/mol. The van der Waals surface area contributed by atoms with Gasteiger partial charge in [-0.05, 0) is 20.4 Å². The first-order valence-corrected chi connectivity index (χ1v) is 3.96. The van der Waals surface area contributed by atoms with Crippen molar-refractivity contribution >= 4 is 0 Å². The summed E-state index contributed by atoms with van der Waals surface area (Å²) in [6.45, 7) is 6.76. The number of aromatic nitrogens is 3. The number of hydrogen-bond acceptors (Lipinski definition) is 3. The molecule has 0 aliphatic rings. The van der Waals surface area contributed by atoms with Crippen LogP contribution in [0.15, 0.2) is 4.79 Å². The molecule has 0 spiro atoms. The summed E-state index contributed by atoms with van der Waals surface area (Å²) < 4.78 is 0. The summed E-state index contributed by atoms with van der Waals surface area (Å²) in [5, 5.41) is 9.38. The molecule has 0 saturated carbocycles. The van der Waals surface area contributed by atoms with Gasteiger partial charge < -0.3 is 5.32 Å². The zero-order valence-electron chi connectivity index (χ0n) is 7.56. The normalized spacial score (nSPS) is 11.9.